The van der Waals surface area contributed by atoms with Crippen molar-refractivity contribution in [2.75, 3.05) is 6.54 Å². The van der Waals surface area contributed by atoms with Crippen LogP contribution in [0.4, 0.5) is 4.39 Å². The van der Waals surface area contributed by atoms with Crippen LogP contribution in [-0.2, 0) is 6.54 Å². The second-order valence-corrected chi connectivity index (χ2v) is 4.55. The molecular formula is C12H15ClFN. The lowest BCUT2D eigenvalue weighted by Crippen LogP contribution is -2.15. The topological polar surface area (TPSA) is 12.0 Å². The van der Waals surface area contributed by atoms with Crippen LogP contribution >= 0.6 is 11.6 Å². The first-order valence-electron chi connectivity index (χ1n) is 5.40. The molecule has 3 heteroatoms. The number of rotatable bonds is 5. The maximum atomic E-state index is 12.9. The summed E-state index contributed by atoms with van der Waals surface area (Å²) in [6.45, 7) is 1.65. The Morgan fingerprint density at radius 1 is 1.40 bits per heavy atom. The van der Waals surface area contributed by atoms with Crippen LogP contribution in [0.2, 0.25) is 5.02 Å². The van der Waals surface area contributed by atoms with E-state index in [-0.39, 0.29) is 5.82 Å². The van der Waals surface area contributed by atoms with E-state index in [9.17, 15) is 4.39 Å². The Balaban J connectivity index is 1.78. The normalized spacial score (nSPS) is 15.6. The van der Waals surface area contributed by atoms with Crippen LogP contribution in [0.15, 0.2) is 18.2 Å². The van der Waals surface area contributed by atoms with Crippen LogP contribution in [0.3, 0.4) is 0 Å². The zero-order valence-corrected chi connectivity index (χ0v) is 9.36. The fourth-order valence-corrected chi connectivity index (χ4v) is 1.80. The molecule has 1 fully saturated rings. The molecule has 0 aromatic heterocycles. The van der Waals surface area contributed by atoms with Crippen molar-refractivity contribution in [1.82, 2.24) is 5.32 Å². The lowest BCUT2D eigenvalue weighted by Gasteiger charge is -2.06. The van der Waals surface area contributed by atoms with Crippen LogP contribution in [0.1, 0.15) is 24.8 Å². The summed E-state index contributed by atoms with van der Waals surface area (Å²) in [5, 5.41) is 3.92. The fourth-order valence-electron chi connectivity index (χ4n) is 1.61. The van der Waals surface area contributed by atoms with Gasteiger partial charge in [0, 0.05) is 11.6 Å². The molecule has 1 saturated carbocycles. The Morgan fingerprint density at radius 3 is 2.93 bits per heavy atom. The van der Waals surface area contributed by atoms with E-state index >= 15 is 0 Å². The van der Waals surface area contributed by atoms with E-state index in [1.807, 2.05) is 0 Å². The number of nitrogens with one attached hydrogen (secondary N) is 1. The summed E-state index contributed by atoms with van der Waals surface area (Å²) in [6.07, 6.45) is 3.98. The second kappa shape index (κ2) is 4.95. The smallest absolute Gasteiger partial charge is 0.123 e. The molecule has 1 aromatic rings. The summed E-state index contributed by atoms with van der Waals surface area (Å²) in [5.74, 6) is 0.707. The first-order chi connectivity index (χ1) is 7.25. The van der Waals surface area contributed by atoms with Crippen LogP contribution < -0.4 is 5.32 Å². The summed E-state index contributed by atoms with van der Waals surface area (Å²) in [4.78, 5) is 0. The maximum absolute atomic E-state index is 12.9. The molecule has 1 aliphatic carbocycles. The zero-order chi connectivity index (χ0) is 10.7. The van der Waals surface area contributed by atoms with Gasteiger partial charge in [-0.2, -0.15) is 0 Å². The molecule has 0 amide bonds. The number of benzene rings is 1. The molecule has 15 heavy (non-hydrogen) atoms. The van der Waals surface area contributed by atoms with E-state index < -0.39 is 0 Å². The van der Waals surface area contributed by atoms with Gasteiger partial charge < -0.3 is 5.32 Å². The molecule has 0 saturated heterocycles. The molecule has 0 bridgehead atoms. The third kappa shape index (κ3) is 3.47. The van der Waals surface area contributed by atoms with Crippen molar-refractivity contribution in [3.63, 3.8) is 0 Å². The van der Waals surface area contributed by atoms with Crippen molar-refractivity contribution in [1.29, 1.82) is 0 Å². The quantitative estimate of drug-likeness (QED) is 0.761. The van der Waals surface area contributed by atoms with Gasteiger partial charge in [0.1, 0.15) is 5.82 Å². The Bertz CT molecular complexity index is 336. The average Bonchev–Trinajstić information content (AvgIpc) is 3.01. The summed E-state index contributed by atoms with van der Waals surface area (Å²) in [5.41, 5.74) is 0.840. The van der Waals surface area contributed by atoms with Gasteiger partial charge in [-0.15, -0.1) is 0 Å². The molecule has 0 spiro atoms. The highest BCUT2D eigenvalue weighted by molar-refractivity contribution is 6.31. The molecule has 2 rings (SSSR count). The molecular weight excluding hydrogens is 213 g/mol. The maximum Gasteiger partial charge on any atom is 0.123 e. The molecule has 1 aliphatic rings. The zero-order valence-electron chi connectivity index (χ0n) is 8.60. The van der Waals surface area contributed by atoms with Gasteiger partial charge in [-0.05, 0) is 42.6 Å². The van der Waals surface area contributed by atoms with Crippen LogP contribution in [0.5, 0.6) is 0 Å². The van der Waals surface area contributed by atoms with Gasteiger partial charge in [-0.3, -0.25) is 0 Å². The largest absolute Gasteiger partial charge is 0.313 e. The predicted molar refractivity (Wildman–Crippen MR) is 60.5 cm³/mol. The first-order valence-corrected chi connectivity index (χ1v) is 5.78. The minimum Gasteiger partial charge on any atom is -0.313 e. The van der Waals surface area contributed by atoms with E-state index in [4.69, 9.17) is 11.6 Å². The summed E-state index contributed by atoms with van der Waals surface area (Å²) >= 11 is 5.94. The molecule has 0 radical (unpaired) electrons. The van der Waals surface area contributed by atoms with Crippen LogP contribution in [0.25, 0.3) is 0 Å². The Kier molecular flexibility index (Phi) is 3.60. The molecule has 0 atom stereocenters. The van der Waals surface area contributed by atoms with Crippen molar-refractivity contribution in [3.05, 3.63) is 34.6 Å². The molecule has 1 N–H and O–H groups in total. The molecule has 0 heterocycles. The minimum absolute atomic E-state index is 0.224. The van der Waals surface area contributed by atoms with Gasteiger partial charge >= 0.3 is 0 Å². The van der Waals surface area contributed by atoms with Gasteiger partial charge in [-0.25, -0.2) is 4.39 Å². The van der Waals surface area contributed by atoms with Crippen LogP contribution in [-0.4, -0.2) is 6.54 Å². The summed E-state index contributed by atoms with van der Waals surface area (Å²) in [7, 11) is 0. The summed E-state index contributed by atoms with van der Waals surface area (Å²) < 4.78 is 12.9. The molecule has 0 unspecified atom stereocenters. The van der Waals surface area contributed by atoms with Gasteiger partial charge in [0.25, 0.3) is 0 Å². The monoisotopic (exact) mass is 227 g/mol. The molecule has 82 valence electrons. The van der Waals surface area contributed by atoms with Gasteiger partial charge in [0.15, 0.2) is 0 Å². The first kappa shape index (κ1) is 10.9. The van der Waals surface area contributed by atoms with Gasteiger partial charge in [0.2, 0.25) is 0 Å². The van der Waals surface area contributed by atoms with Gasteiger partial charge in [0.05, 0.1) is 0 Å². The highest BCUT2D eigenvalue weighted by atomic mass is 35.5. The molecule has 0 aliphatic heterocycles. The lowest BCUT2D eigenvalue weighted by molar-refractivity contribution is 0.602. The summed E-state index contributed by atoms with van der Waals surface area (Å²) in [6, 6.07) is 4.48. The Labute approximate surface area is 94.6 Å². The van der Waals surface area contributed by atoms with Crippen molar-refractivity contribution >= 4 is 11.6 Å². The van der Waals surface area contributed by atoms with Crippen molar-refractivity contribution in [2.24, 2.45) is 5.92 Å². The second-order valence-electron chi connectivity index (χ2n) is 4.14. The molecule has 1 aromatic carbocycles. The molecule has 1 nitrogen and oxygen atoms in total. The standard InChI is InChI=1S/C12H15ClFN/c13-12-4-3-11(14)7-10(12)8-15-6-5-9-1-2-9/h3-4,7,9,15H,1-2,5-6,8H2. The average molecular weight is 228 g/mol. The van der Waals surface area contributed by atoms with E-state index in [0.29, 0.717) is 11.6 Å². The van der Waals surface area contributed by atoms with Crippen molar-refractivity contribution in [2.45, 2.75) is 25.8 Å². The SMILES string of the molecule is Fc1ccc(Cl)c(CNCCC2CC2)c1. The highest BCUT2D eigenvalue weighted by Gasteiger charge is 2.19. The number of halogens is 2. The number of hydrogen-bond donors (Lipinski definition) is 1. The van der Waals surface area contributed by atoms with E-state index in [1.165, 1.54) is 31.4 Å². The van der Waals surface area contributed by atoms with Crippen molar-refractivity contribution < 1.29 is 4.39 Å². The lowest BCUT2D eigenvalue weighted by atomic mass is 10.2. The van der Waals surface area contributed by atoms with E-state index in [2.05, 4.69) is 5.32 Å². The van der Waals surface area contributed by atoms with E-state index in [1.54, 1.807) is 6.07 Å². The fraction of sp³-hybridized carbons (Fsp3) is 0.500. The Hall–Kier alpha value is -0.600. The third-order valence-corrected chi connectivity index (χ3v) is 3.12. The predicted octanol–water partition coefficient (Wildman–Crippen LogP) is 3.37. The minimum atomic E-state index is -0.224. The van der Waals surface area contributed by atoms with Gasteiger partial charge in [-0.1, -0.05) is 24.4 Å². The highest BCUT2D eigenvalue weighted by Crippen LogP contribution is 2.31. The third-order valence-electron chi connectivity index (χ3n) is 2.75. The van der Waals surface area contributed by atoms with Crippen molar-refractivity contribution in [3.8, 4) is 0 Å². The van der Waals surface area contributed by atoms with Crippen LogP contribution in [0, 0.1) is 11.7 Å². The number of hydrogen-bond acceptors (Lipinski definition) is 1. The Morgan fingerprint density at radius 2 is 2.20 bits per heavy atom. The van der Waals surface area contributed by atoms with E-state index in [0.717, 1.165) is 18.0 Å².